The Kier molecular flexibility index (Phi) is 5.42. The average molecular weight is 403 g/mol. The van der Waals surface area contributed by atoms with E-state index in [1.807, 2.05) is 6.07 Å². The van der Waals surface area contributed by atoms with Crippen LogP contribution < -0.4 is 5.32 Å². The van der Waals surface area contributed by atoms with Gasteiger partial charge < -0.3 is 10.4 Å². The molecule has 2 N–H and O–H groups in total. The van der Waals surface area contributed by atoms with Gasteiger partial charge in [-0.05, 0) is 24.3 Å². The topological polar surface area (TPSA) is 112 Å². The number of hydrogen-bond donors (Lipinski definition) is 2. The summed E-state index contributed by atoms with van der Waals surface area (Å²) in [5.74, 6) is 0.358. The molecule has 0 aliphatic rings. The fourth-order valence-corrected chi connectivity index (χ4v) is 3.13. The third-order valence-electron chi connectivity index (χ3n) is 3.92. The molecule has 0 aliphatic heterocycles. The minimum absolute atomic E-state index is 0.0949. The first-order valence-electron chi connectivity index (χ1n) is 7.75. The predicted octanol–water partition coefficient (Wildman–Crippen LogP) is 4.47. The zero-order valence-electron chi connectivity index (χ0n) is 13.7. The van der Waals surface area contributed by atoms with Gasteiger partial charge in [-0.1, -0.05) is 29.3 Å². The lowest BCUT2D eigenvalue weighted by molar-refractivity contribution is -0.384. The molecule has 1 atom stereocenters. The molecule has 0 fully saturated rings. The van der Waals surface area contributed by atoms with E-state index in [1.165, 1.54) is 30.3 Å². The lowest BCUT2D eigenvalue weighted by Gasteiger charge is -2.15. The van der Waals surface area contributed by atoms with E-state index in [-0.39, 0.29) is 17.8 Å². The minimum Gasteiger partial charge on any atom is -0.387 e. The molecule has 7 nitrogen and oxygen atoms in total. The van der Waals surface area contributed by atoms with Gasteiger partial charge in [0.1, 0.15) is 5.82 Å². The summed E-state index contributed by atoms with van der Waals surface area (Å²) in [5, 5.41) is 34.7. The number of nitro benzene ring substituents is 1. The fraction of sp³-hybridized carbons (Fsp3) is 0.111. The summed E-state index contributed by atoms with van der Waals surface area (Å²) >= 11 is 11.9. The zero-order chi connectivity index (χ0) is 19.6. The highest BCUT2D eigenvalue weighted by atomic mass is 35.5. The largest absolute Gasteiger partial charge is 0.387 e. The number of anilines is 1. The molecule has 0 saturated heterocycles. The maximum Gasteiger partial charge on any atom is 0.270 e. The van der Waals surface area contributed by atoms with E-state index in [2.05, 4.69) is 10.3 Å². The van der Waals surface area contributed by atoms with Crippen molar-refractivity contribution in [2.75, 3.05) is 11.9 Å². The first kappa shape index (κ1) is 18.9. The number of pyridine rings is 1. The standard InChI is InChI=1S/C18H12Cl2N4O3/c19-11-1-3-13(15(20)6-11)17(25)9-22-18-5-10(8-21)14-7-12(24(26)27)2-4-16(14)23-18/h1-7,17,25H,9H2,(H,22,23). The van der Waals surface area contributed by atoms with E-state index in [1.54, 1.807) is 12.1 Å². The lowest BCUT2D eigenvalue weighted by Crippen LogP contribution is -2.13. The zero-order valence-corrected chi connectivity index (χ0v) is 15.2. The quantitative estimate of drug-likeness (QED) is 0.480. The van der Waals surface area contributed by atoms with E-state index in [9.17, 15) is 20.5 Å². The molecule has 0 spiro atoms. The Hall–Kier alpha value is -2.92. The number of nitro groups is 1. The Morgan fingerprint density at radius 3 is 2.70 bits per heavy atom. The number of nitriles is 1. The maximum atomic E-state index is 10.9. The maximum absolute atomic E-state index is 10.9. The van der Waals surface area contributed by atoms with E-state index in [4.69, 9.17) is 23.2 Å². The van der Waals surface area contributed by atoms with Crippen LogP contribution in [0.25, 0.3) is 10.9 Å². The van der Waals surface area contributed by atoms with Gasteiger partial charge in [-0.3, -0.25) is 10.1 Å². The SMILES string of the molecule is N#Cc1cc(NCC(O)c2ccc(Cl)cc2Cl)nc2ccc([N+](=O)[O-])cc12. The molecule has 9 heteroatoms. The van der Waals surface area contributed by atoms with Gasteiger partial charge in [-0.15, -0.1) is 0 Å². The van der Waals surface area contributed by atoms with Crippen molar-refractivity contribution in [2.24, 2.45) is 0 Å². The van der Waals surface area contributed by atoms with Crippen molar-refractivity contribution in [3.63, 3.8) is 0 Å². The first-order chi connectivity index (χ1) is 12.9. The van der Waals surface area contributed by atoms with Crippen LogP contribution in [0.2, 0.25) is 10.0 Å². The third kappa shape index (κ3) is 4.09. The molecule has 1 unspecified atom stereocenters. The molecule has 3 aromatic rings. The molecule has 0 bridgehead atoms. The lowest BCUT2D eigenvalue weighted by atomic mass is 10.1. The van der Waals surface area contributed by atoms with Crippen molar-refractivity contribution in [3.8, 4) is 6.07 Å². The number of non-ortho nitro benzene ring substituents is 1. The van der Waals surface area contributed by atoms with Crippen molar-refractivity contribution in [1.82, 2.24) is 4.98 Å². The van der Waals surface area contributed by atoms with Gasteiger partial charge in [0.05, 0.1) is 28.2 Å². The summed E-state index contributed by atoms with van der Waals surface area (Å²) in [6.45, 7) is 0.0949. The van der Waals surface area contributed by atoms with Crippen LogP contribution >= 0.6 is 23.2 Å². The minimum atomic E-state index is -0.922. The van der Waals surface area contributed by atoms with Gasteiger partial charge in [0.25, 0.3) is 5.69 Å². The summed E-state index contributed by atoms with van der Waals surface area (Å²) in [7, 11) is 0. The Balaban J connectivity index is 1.86. The number of aliphatic hydroxyl groups excluding tert-OH is 1. The highest BCUT2D eigenvalue weighted by Crippen LogP contribution is 2.28. The number of nitrogens with zero attached hydrogens (tertiary/aromatic N) is 3. The Morgan fingerprint density at radius 1 is 1.26 bits per heavy atom. The number of aliphatic hydroxyl groups is 1. The van der Waals surface area contributed by atoms with Crippen LogP contribution in [0.1, 0.15) is 17.2 Å². The Morgan fingerprint density at radius 2 is 2.04 bits per heavy atom. The molecule has 1 aromatic heterocycles. The van der Waals surface area contributed by atoms with Crippen molar-refractivity contribution < 1.29 is 10.0 Å². The van der Waals surface area contributed by atoms with Crippen LogP contribution in [-0.2, 0) is 0 Å². The first-order valence-corrected chi connectivity index (χ1v) is 8.51. The number of nitrogens with one attached hydrogen (secondary N) is 1. The van der Waals surface area contributed by atoms with Crippen LogP contribution in [-0.4, -0.2) is 21.6 Å². The molecular formula is C18H12Cl2N4O3. The van der Waals surface area contributed by atoms with Crippen LogP contribution in [0.5, 0.6) is 0 Å². The van der Waals surface area contributed by atoms with Gasteiger partial charge >= 0.3 is 0 Å². The summed E-state index contributed by atoms with van der Waals surface area (Å²) in [4.78, 5) is 14.7. The third-order valence-corrected chi connectivity index (χ3v) is 4.48. The van der Waals surface area contributed by atoms with Crippen molar-refractivity contribution in [2.45, 2.75) is 6.10 Å². The number of aromatic nitrogens is 1. The molecule has 0 saturated carbocycles. The highest BCUT2D eigenvalue weighted by Gasteiger charge is 2.14. The molecule has 0 amide bonds. The van der Waals surface area contributed by atoms with E-state index in [0.717, 1.165) is 0 Å². The van der Waals surface area contributed by atoms with Gasteiger partial charge in [-0.2, -0.15) is 5.26 Å². The number of hydrogen-bond acceptors (Lipinski definition) is 6. The number of rotatable bonds is 5. The second-order valence-electron chi connectivity index (χ2n) is 5.69. The molecule has 0 aliphatic carbocycles. The predicted molar refractivity (Wildman–Crippen MR) is 103 cm³/mol. The van der Waals surface area contributed by atoms with Crippen LogP contribution in [0.3, 0.4) is 0 Å². The normalized spacial score (nSPS) is 11.8. The highest BCUT2D eigenvalue weighted by molar-refractivity contribution is 6.35. The number of fused-ring (bicyclic) bond motifs is 1. The number of halogens is 2. The molecule has 136 valence electrons. The van der Waals surface area contributed by atoms with Gasteiger partial charge in [0, 0.05) is 39.7 Å². The molecule has 3 rings (SSSR count). The average Bonchev–Trinajstić information content (AvgIpc) is 2.64. The van der Waals surface area contributed by atoms with Crippen LogP contribution in [0.15, 0.2) is 42.5 Å². The fourth-order valence-electron chi connectivity index (χ4n) is 2.59. The molecule has 2 aromatic carbocycles. The molecule has 0 radical (unpaired) electrons. The van der Waals surface area contributed by atoms with Gasteiger partial charge in [-0.25, -0.2) is 4.98 Å². The summed E-state index contributed by atoms with van der Waals surface area (Å²) in [6.07, 6.45) is -0.922. The molecule has 1 heterocycles. The van der Waals surface area contributed by atoms with Crippen molar-refractivity contribution >= 4 is 45.6 Å². The summed E-state index contributed by atoms with van der Waals surface area (Å²) < 4.78 is 0. The summed E-state index contributed by atoms with van der Waals surface area (Å²) in [5.41, 5.74) is 1.06. The van der Waals surface area contributed by atoms with Crippen molar-refractivity contribution in [3.05, 3.63) is 73.8 Å². The Bertz CT molecular complexity index is 1080. The molecule has 27 heavy (non-hydrogen) atoms. The van der Waals surface area contributed by atoms with Gasteiger partial charge in [0.15, 0.2) is 0 Å². The van der Waals surface area contributed by atoms with Crippen LogP contribution in [0.4, 0.5) is 11.5 Å². The number of benzene rings is 2. The smallest absolute Gasteiger partial charge is 0.270 e. The van der Waals surface area contributed by atoms with E-state index in [0.29, 0.717) is 32.3 Å². The molecular weight excluding hydrogens is 391 g/mol. The monoisotopic (exact) mass is 402 g/mol. The van der Waals surface area contributed by atoms with Crippen LogP contribution in [0, 0.1) is 21.4 Å². The second kappa shape index (κ2) is 7.76. The second-order valence-corrected chi connectivity index (χ2v) is 6.53. The van der Waals surface area contributed by atoms with Crippen molar-refractivity contribution in [1.29, 1.82) is 5.26 Å². The summed E-state index contributed by atoms with van der Waals surface area (Å²) in [6, 6.07) is 12.4. The van der Waals surface area contributed by atoms with E-state index >= 15 is 0 Å². The Labute approximate surface area is 163 Å². The van der Waals surface area contributed by atoms with E-state index < -0.39 is 11.0 Å². The van der Waals surface area contributed by atoms with Gasteiger partial charge in [0.2, 0.25) is 0 Å².